The third kappa shape index (κ3) is 5.93. The van der Waals surface area contributed by atoms with E-state index in [9.17, 15) is 9.59 Å². The first-order valence-electron chi connectivity index (χ1n) is 5.25. The molecule has 0 aliphatic rings. The van der Waals surface area contributed by atoms with Crippen molar-refractivity contribution in [3.8, 4) is 0 Å². The van der Waals surface area contributed by atoms with Gasteiger partial charge in [-0.15, -0.1) is 0 Å². The molecule has 0 spiro atoms. The van der Waals surface area contributed by atoms with Crippen LogP contribution in [0.1, 0.15) is 33.6 Å². The minimum Gasteiger partial charge on any atom is -0.481 e. The van der Waals surface area contributed by atoms with Crippen LogP contribution in [-0.4, -0.2) is 41.1 Å². The molecule has 0 aromatic rings. The van der Waals surface area contributed by atoms with Crippen LogP contribution in [0.2, 0.25) is 0 Å². The molecule has 88 valence electrons. The van der Waals surface area contributed by atoms with Gasteiger partial charge in [-0.05, 0) is 20.3 Å². The molecule has 0 aromatic carbocycles. The zero-order chi connectivity index (χ0) is 11.8. The molecule has 0 fully saturated rings. The zero-order valence-electron chi connectivity index (χ0n) is 9.62. The minimum atomic E-state index is -0.885. The average molecular weight is 216 g/mol. The van der Waals surface area contributed by atoms with E-state index < -0.39 is 5.97 Å². The molecule has 0 rings (SSSR count). The molecule has 5 nitrogen and oxygen atoms in total. The lowest BCUT2D eigenvalue weighted by molar-refractivity contribution is -0.137. The van der Waals surface area contributed by atoms with Crippen LogP contribution in [0.4, 0.5) is 4.79 Å². The Kier molecular flexibility index (Phi) is 6.49. The number of rotatable bonds is 6. The minimum absolute atomic E-state index is 0.0150. The van der Waals surface area contributed by atoms with Crippen LogP contribution in [0.5, 0.6) is 0 Å². The average Bonchev–Trinajstić information content (AvgIpc) is 2.13. The number of nitrogens with zero attached hydrogens (tertiary/aromatic N) is 1. The van der Waals surface area contributed by atoms with Gasteiger partial charge in [-0.1, -0.05) is 6.92 Å². The van der Waals surface area contributed by atoms with Crippen LogP contribution in [0.15, 0.2) is 0 Å². The van der Waals surface area contributed by atoms with E-state index in [1.165, 1.54) is 4.90 Å². The molecule has 0 aromatic heterocycles. The molecular weight excluding hydrogens is 196 g/mol. The van der Waals surface area contributed by atoms with Crippen molar-refractivity contribution in [3.63, 3.8) is 0 Å². The number of urea groups is 1. The number of carboxylic acids is 1. The monoisotopic (exact) mass is 216 g/mol. The Balaban J connectivity index is 4.13. The molecule has 0 aliphatic heterocycles. The Bertz CT molecular complexity index is 217. The summed E-state index contributed by atoms with van der Waals surface area (Å²) in [5.74, 6) is -0.885. The van der Waals surface area contributed by atoms with E-state index in [-0.39, 0.29) is 25.0 Å². The normalized spacial score (nSPS) is 10.1. The van der Waals surface area contributed by atoms with Gasteiger partial charge in [0.1, 0.15) is 0 Å². The lowest BCUT2D eigenvalue weighted by atomic mass is 10.3. The van der Waals surface area contributed by atoms with E-state index in [0.29, 0.717) is 6.54 Å². The van der Waals surface area contributed by atoms with E-state index in [0.717, 1.165) is 6.42 Å². The predicted octanol–water partition coefficient (Wildman–Crippen LogP) is 1.29. The van der Waals surface area contributed by atoms with Gasteiger partial charge in [0.2, 0.25) is 0 Å². The Labute approximate surface area is 90.5 Å². The topological polar surface area (TPSA) is 69.6 Å². The smallest absolute Gasteiger partial charge is 0.317 e. The molecular formula is C10H20N2O3. The molecule has 0 saturated carbocycles. The van der Waals surface area contributed by atoms with Crippen LogP contribution in [-0.2, 0) is 4.79 Å². The zero-order valence-corrected chi connectivity index (χ0v) is 9.62. The second-order valence-electron chi connectivity index (χ2n) is 3.66. The van der Waals surface area contributed by atoms with E-state index in [2.05, 4.69) is 5.32 Å². The molecule has 15 heavy (non-hydrogen) atoms. The number of carbonyl (C=O) groups is 2. The summed E-state index contributed by atoms with van der Waals surface area (Å²) >= 11 is 0. The third-order valence-electron chi connectivity index (χ3n) is 1.98. The lowest BCUT2D eigenvalue weighted by Gasteiger charge is -2.26. The van der Waals surface area contributed by atoms with Crippen molar-refractivity contribution < 1.29 is 14.7 Å². The first-order valence-corrected chi connectivity index (χ1v) is 5.25. The first-order chi connectivity index (χ1) is 6.99. The Morgan fingerprint density at radius 2 is 2.00 bits per heavy atom. The third-order valence-corrected chi connectivity index (χ3v) is 1.98. The highest BCUT2D eigenvalue weighted by Gasteiger charge is 2.16. The van der Waals surface area contributed by atoms with Gasteiger partial charge in [0.25, 0.3) is 0 Å². The van der Waals surface area contributed by atoms with E-state index in [4.69, 9.17) is 5.11 Å². The largest absolute Gasteiger partial charge is 0.481 e. The first kappa shape index (κ1) is 13.7. The number of carbonyl (C=O) groups excluding carboxylic acids is 1. The summed E-state index contributed by atoms with van der Waals surface area (Å²) in [4.78, 5) is 23.5. The van der Waals surface area contributed by atoms with Crippen molar-refractivity contribution in [2.24, 2.45) is 0 Å². The fraction of sp³-hybridized carbons (Fsp3) is 0.800. The van der Waals surface area contributed by atoms with Gasteiger partial charge < -0.3 is 15.3 Å². The Hall–Kier alpha value is -1.26. The van der Waals surface area contributed by atoms with Gasteiger partial charge in [-0.25, -0.2) is 4.79 Å². The van der Waals surface area contributed by atoms with Crippen molar-refractivity contribution >= 4 is 12.0 Å². The maximum Gasteiger partial charge on any atom is 0.317 e. The number of amides is 2. The van der Waals surface area contributed by atoms with Crippen LogP contribution in [0.25, 0.3) is 0 Å². The van der Waals surface area contributed by atoms with Crippen LogP contribution in [0.3, 0.4) is 0 Å². The van der Waals surface area contributed by atoms with Crippen molar-refractivity contribution in [3.05, 3.63) is 0 Å². The number of hydrogen-bond acceptors (Lipinski definition) is 2. The molecule has 0 bridgehead atoms. The van der Waals surface area contributed by atoms with Gasteiger partial charge in [-0.2, -0.15) is 0 Å². The number of aliphatic carboxylic acids is 1. The van der Waals surface area contributed by atoms with Crippen molar-refractivity contribution in [2.45, 2.75) is 39.7 Å². The summed E-state index contributed by atoms with van der Waals surface area (Å²) in [6.07, 6.45) is 0.855. The number of hydrogen-bond donors (Lipinski definition) is 2. The van der Waals surface area contributed by atoms with Crippen molar-refractivity contribution in [1.82, 2.24) is 10.2 Å². The summed E-state index contributed by atoms with van der Waals surface area (Å²) in [7, 11) is 0. The molecule has 5 heteroatoms. The molecule has 2 N–H and O–H groups in total. The molecule has 0 radical (unpaired) electrons. The number of carboxylic acid groups (broad SMARTS) is 1. The highest BCUT2D eigenvalue weighted by Crippen LogP contribution is 2.00. The summed E-state index contributed by atoms with van der Waals surface area (Å²) in [6, 6.07) is -0.172. The quantitative estimate of drug-likeness (QED) is 0.703. The van der Waals surface area contributed by atoms with E-state index in [1.807, 2.05) is 20.8 Å². The molecule has 2 amide bonds. The molecule has 0 atom stereocenters. The second kappa shape index (κ2) is 7.09. The molecule has 0 unspecified atom stereocenters. The maximum absolute atomic E-state index is 11.6. The Morgan fingerprint density at radius 3 is 2.40 bits per heavy atom. The Morgan fingerprint density at radius 1 is 1.40 bits per heavy atom. The standard InChI is InChI=1S/C10H20N2O3/c1-4-6-11-10(15)12(8(2)3)7-5-9(13)14/h8H,4-7H2,1-3H3,(H,11,15)(H,13,14). The van der Waals surface area contributed by atoms with Gasteiger partial charge in [0.05, 0.1) is 6.42 Å². The van der Waals surface area contributed by atoms with Gasteiger partial charge >= 0.3 is 12.0 Å². The summed E-state index contributed by atoms with van der Waals surface area (Å²) in [5, 5.41) is 11.3. The van der Waals surface area contributed by atoms with E-state index in [1.54, 1.807) is 0 Å². The number of nitrogens with one attached hydrogen (secondary N) is 1. The van der Waals surface area contributed by atoms with Crippen molar-refractivity contribution in [2.75, 3.05) is 13.1 Å². The lowest BCUT2D eigenvalue weighted by Crippen LogP contribution is -2.45. The van der Waals surface area contributed by atoms with Gasteiger partial charge in [-0.3, -0.25) is 4.79 Å². The SMILES string of the molecule is CCCNC(=O)N(CCC(=O)O)C(C)C. The highest BCUT2D eigenvalue weighted by atomic mass is 16.4. The maximum atomic E-state index is 11.6. The van der Waals surface area contributed by atoms with E-state index >= 15 is 0 Å². The summed E-state index contributed by atoms with van der Waals surface area (Å²) < 4.78 is 0. The fourth-order valence-corrected chi connectivity index (χ4v) is 1.14. The van der Waals surface area contributed by atoms with Crippen LogP contribution < -0.4 is 5.32 Å². The van der Waals surface area contributed by atoms with Crippen LogP contribution >= 0.6 is 0 Å². The second-order valence-corrected chi connectivity index (χ2v) is 3.66. The fourth-order valence-electron chi connectivity index (χ4n) is 1.14. The highest BCUT2D eigenvalue weighted by molar-refractivity contribution is 5.75. The van der Waals surface area contributed by atoms with Gasteiger partial charge in [0, 0.05) is 19.1 Å². The predicted molar refractivity (Wildman–Crippen MR) is 57.8 cm³/mol. The molecule has 0 saturated heterocycles. The van der Waals surface area contributed by atoms with Gasteiger partial charge in [0.15, 0.2) is 0 Å². The van der Waals surface area contributed by atoms with Crippen LogP contribution in [0, 0.1) is 0 Å². The summed E-state index contributed by atoms with van der Waals surface area (Å²) in [5.41, 5.74) is 0. The summed E-state index contributed by atoms with van der Waals surface area (Å²) in [6.45, 7) is 6.58. The molecule has 0 aliphatic carbocycles. The molecule has 0 heterocycles. The van der Waals surface area contributed by atoms with Crippen molar-refractivity contribution in [1.29, 1.82) is 0 Å².